The molecule has 0 aromatic heterocycles. The maximum Gasteiger partial charge on any atom is 0.238 e. The van der Waals surface area contributed by atoms with E-state index >= 15 is 0 Å². The Balaban J connectivity index is 2.29. The zero-order valence-corrected chi connectivity index (χ0v) is 19.0. The average Bonchev–Trinajstić information content (AvgIpc) is 2.69. The van der Waals surface area contributed by atoms with Crippen molar-refractivity contribution in [3.05, 3.63) is 65.2 Å². The minimum atomic E-state index is -3.87. The molecule has 0 unspecified atom stereocenters. The fraction of sp³-hybridized carbons (Fsp3) is 0.182. The molecule has 5 nitrogen and oxygen atoms in total. The molecule has 3 rings (SSSR count). The second-order valence-corrected chi connectivity index (χ2v) is 9.44. The van der Waals surface area contributed by atoms with E-state index in [0.717, 1.165) is 12.1 Å². The first kappa shape index (κ1) is 23.0. The summed E-state index contributed by atoms with van der Waals surface area (Å²) < 4.78 is 51.5. The van der Waals surface area contributed by atoms with Gasteiger partial charge in [0.15, 0.2) is 11.6 Å². The van der Waals surface area contributed by atoms with Crippen LogP contribution in [0, 0.1) is 11.6 Å². The van der Waals surface area contributed by atoms with E-state index in [1.54, 1.807) is 12.1 Å². The van der Waals surface area contributed by atoms with Gasteiger partial charge < -0.3 is 9.80 Å². The summed E-state index contributed by atoms with van der Waals surface area (Å²) in [7, 11) is 3.47. The molecule has 0 aliphatic rings. The third-order valence-electron chi connectivity index (χ3n) is 4.86. The molecule has 0 bridgehead atoms. The van der Waals surface area contributed by atoms with Crippen LogP contribution in [0.1, 0.15) is 0 Å². The SMILES string of the molecule is CN(C)c1cc(-c2cc(F)c(F)cc2-c2ccc(S(N)(=O)=O)cc2)cc(N(C)C)c1Cl. The van der Waals surface area contributed by atoms with E-state index in [0.29, 0.717) is 38.7 Å². The molecule has 3 aromatic carbocycles. The number of rotatable bonds is 5. The van der Waals surface area contributed by atoms with Crippen molar-refractivity contribution in [3.8, 4) is 22.3 Å². The third kappa shape index (κ3) is 4.66. The lowest BCUT2D eigenvalue weighted by Crippen LogP contribution is -2.14. The molecule has 0 spiro atoms. The van der Waals surface area contributed by atoms with Crippen LogP contribution in [0.4, 0.5) is 20.2 Å². The molecule has 0 fully saturated rings. The van der Waals surface area contributed by atoms with E-state index < -0.39 is 21.7 Å². The number of primary sulfonamides is 1. The van der Waals surface area contributed by atoms with E-state index in [9.17, 15) is 17.2 Å². The number of hydrogen-bond donors (Lipinski definition) is 1. The number of sulfonamides is 1. The molecule has 3 aromatic rings. The van der Waals surface area contributed by atoms with Crippen molar-refractivity contribution in [3.63, 3.8) is 0 Å². The smallest absolute Gasteiger partial charge is 0.238 e. The highest BCUT2D eigenvalue weighted by molar-refractivity contribution is 7.89. The van der Waals surface area contributed by atoms with Gasteiger partial charge in [-0.1, -0.05) is 23.7 Å². The topological polar surface area (TPSA) is 66.6 Å². The second-order valence-electron chi connectivity index (χ2n) is 7.50. The summed E-state index contributed by atoms with van der Waals surface area (Å²) in [6.07, 6.45) is 0. The molecule has 0 amide bonds. The highest BCUT2D eigenvalue weighted by Gasteiger charge is 2.19. The van der Waals surface area contributed by atoms with Crippen LogP contribution < -0.4 is 14.9 Å². The van der Waals surface area contributed by atoms with Gasteiger partial charge in [0.25, 0.3) is 0 Å². The largest absolute Gasteiger partial charge is 0.376 e. The summed E-state index contributed by atoms with van der Waals surface area (Å²) in [5.41, 5.74) is 3.39. The quantitative estimate of drug-likeness (QED) is 0.591. The average molecular weight is 466 g/mol. The Morgan fingerprint density at radius 3 is 1.58 bits per heavy atom. The maximum atomic E-state index is 14.3. The standard InChI is InChI=1S/C22H22ClF2N3O2S/c1-27(2)20-9-14(10-21(22(20)23)28(3)4)17-12-19(25)18(24)11-16(17)13-5-7-15(8-6-13)31(26,29)30/h5-12H,1-4H3,(H2,26,29,30). The zero-order chi connectivity index (χ0) is 23.1. The molecule has 0 aliphatic heterocycles. The summed E-state index contributed by atoms with van der Waals surface area (Å²) in [4.78, 5) is 3.59. The fourth-order valence-corrected chi connectivity index (χ4v) is 4.21. The Morgan fingerprint density at radius 1 is 0.774 bits per heavy atom. The highest BCUT2D eigenvalue weighted by Crippen LogP contribution is 2.42. The van der Waals surface area contributed by atoms with Crippen LogP contribution >= 0.6 is 11.6 Å². The van der Waals surface area contributed by atoms with Crippen LogP contribution in [-0.2, 0) is 10.0 Å². The lowest BCUT2D eigenvalue weighted by Gasteiger charge is -2.23. The van der Waals surface area contributed by atoms with Crippen molar-refractivity contribution >= 4 is 33.0 Å². The van der Waals surface area contributed by atoms with Gasteiger partial charge in [-0.25, -0.2) is 22.3 Å². The van der Waals surface area contributed by atoms with Crippen LogP contribution in [0.15, 0.2) is 53.4 Å². The van der Waals surface area contributed by atoms with E-state index in [1.807, 2.05) is 38.0 Å². The van der Waals surface area contributed by atoms with Gasteiger partial charge in [0.2, 0.25) is 10.0 Å². The predicted molar refractivity (Wildman–Crippen MR) is 122 cm³/mol. The Labute approximate surface area is 185 Å². The Bertz CT molecular complexity index is 1220. The molecule has 0 atom stereocenters. The Kier molecular flexibility index (Phi) is 6.27. The van der Waals surface area contributed by atoms with Crippen LogP contribution in [0.2, 0.25) is 5.02 Å². The van der Waals surface area contributed by atoms with Gasteiger partial charge in [-0.15, -0.1) is 0 Å². The van der Waals surface area contributed by atoms with Gasteiger partial charge in [-0.2, -0.15) is 0 Å². The lowest BCUT2D eigenvalue weighted by atomic mass is 9.93. The first-order valence-corrected chi connectivity index (χ1v) is 11.1. The minimum absolute atomic E-state index is 0.0725. The van der Waals surface area contributed by atoms with Crippen molar-refractivity contribution < 1.29 is 17.2 Å². The number of anilines is 2. The van der Waals surface area contributed by atoms with E-state index in [2.05, 4.69) is 0 Å². The molecular formula is C22H22ClF2N3O2S. The summed E-state index contributed by atoms with van der Waals surface area (Å²) in [5.74, 6) is -2.00. The second kappa shape index (κ2) is 8.45. The van der Waals surface area contributed by atoms with Crippen LogP contribution in [-0.4, -0.2) is 36.6 Å². The van der Waals surface area contributed by atoms with Gasteiger partial charge in [0.05, 0.1) is 21.3 Å². The van der Waals surface area contributed by atoms with Crippen molar-refractivity contribution in [2.45, 2.75) is 4.90 Å². The number of halogens is 3. The molecular weight excluding hydrogens is 444 g/mol. The third-order valence-corrected chi connectivity index (χ3v) is 6.18. The molecule has 0 heterocycles. The highest BCUT2D eigenvalue weighted by atomic mass is 35.5. The Morgan fingerprint density at radius 2 is 1.19 bits per heavy atom. The minimum Gasteiger partial charge on any atom is -0.376 e. The van der Waals surface area contributed by atoms with E-state index in [-0.39, 0.29) is 4.90 Å². The van der Waals surface area contributed by atoms with Crippen LogP contribution in [0.25, 0.3) is 22.3 Å². The van der Waals surface area contributed by atoms with Gasteiger partial charge in [0, 0.05) is 28.2 Å². The van der Waals surface area contributed by atoms with Crippen LogP contribution in [0.5, 0.6) is 0 Å². The molecule has 9 heteroatoms. The molecule has 31 heavy (non-hydrogen) atoms. The first-order chi connectivity index (χ1) is 14.4. The zero-order valence-electron chi connectivity index (χ0n) is 17.4. The molecule has 0 saturated carbocycles. The lowest BCUT2D eigenvalue weighted by molar-refractivity contribution is 0.509. The summed E-state index contributed by atoms with van der Waals surface area (Å²) in [6.45, 7) is 0. The van der Waals surface area contributed by atoms with E-state index in [4.69, 9.17) is 16.7 Å². The maximum absolute atomic E-state index is 14.3. The summed E-state index contributed by atoms with van der Waals surface area (Å²) in [6, 6.07) is 11.5. The number of nitrogens with zero attached hydrogens (tertiary/aromatic N) is 2. The molecule has 164 valence electrons. The van der Waals surface area contributed by atoms with Crippen molar-refractivity contribution in [2.24, 2.45) is 5.14 Å². The number of nitrogens with two attached hydrogens (primary N) is 1. The van der Waals surface area contributed by atoms with Gasteiger partial charge in [-0.05, 0) is 58.7 Å². The molecule has 0 saturated heterocycles. The van der Waals surface area contributed by atoms with Crippen molar-refractivity contribution in [1.82, 2.24) is 0 Å². The molecule has 0 radical (unpaired) electrons. The predicted octanol–water partition coefficient (Wildman–Crippen LogP) is 4.73. The summed E-state index contributed by atoms with van der Waals surface area (Å²) >= 11 is 6.55. The normalized spacial score (nSPS) is 11.5. The monoisotopic (exact) mass is 465 g/mol. The van der Waals surface area contributed by atoms with Crippen LogP contribution in [0.3, 0.4) is 0 Å². The number of hydrogen-bond acceptors (Lipinski definition) is 4. The molecule has 0 aliphatic carbocycles. The molecule has 2 N–H and O–H groups in total. The van der Waals surface area contributed by atoms with Crippen molar-refractivity contribution in [1.29, 1.82) is 0 Å². The van der Waals surface area contributed by atoms with Gasteiger partial charge in [-0.3, -0.25) is 0 Å². The fourth-order valence-electron chi connectivity index (χ4n) is 3.25. The van der Waals surface area contributed by atoms with Gasteiger partial charge >= 0.3 is 0 Å². The number of benzene rings is 3. The van der Waals surface area contributed by atoms with Crippen molar-refractivity contribution in [2.75, 3.05) is 38.0 Å². The first-order valence-electron chi connectivity index (χ1n) is 9.21. The van der Waals surface area contributed by atoms with Gasteiger partial charge in [0.1, 0.15) is 0 Å². The Hall–Kier alpha value is -2.68. The van der Waals surface area contributed by atoms with E-state index in [1.165, 1.54) is 24.3 Å². The summed E-state index contributed by atoms with van der Waals surface area (Å²) in [5, 5.41) is 5.68.